The molecule has 5 nitrogen and oxygen atoms in total. The zero-order valence-corrected chi connectivity index (χ0v) is 16.6. The zero-order chi connectivity index (χ0) is 17.6. The average molecular weight is 378 g/mol. The van der Waals surface area contributed by atoms with Crippen LogP contribution in [0.25, 0.3) is 0 Å². The second-order valence-corrected chi connectivity index (χ2v) is 13.5. The van der Waals surface area contributed by atoms with Gasteiger partial charge >= 0.3 is 149 Å². The van der Waals surface area contributed by atoms with E-state index < -0.39 is 16.1 Å². The van der Waals surface area contributed by atoms with Gasteiger partial charge in [0.05, 0.1) is 0 Å². The normalized spacial score (nSPS) is 20.2. The number of para-hydroxylation sites is 4. The Labute approximate surface area is 149 Å². The number of hydrogen-bond acceptors (Lipinski definition) is 5. The second kappa shape index (κ2) is 5.63. The van der Waals surface area contributed by atoms with Gasteiger partial charge in [-0.3, -0.25) is 0 Å². The number of hydrogen-bond donors (Lipinski definition) is 0. The summed E-state index contributed by atoms with van der Waals surface area (Å²) in [6, 6.07) is 15.0. The molecule has 0 bridgehead atoms. The summed E-state index contributed by atoms with van der Waals surface area (Å²) in [7, 11) is -6.39. The van der Waals surface area contributed by atoms with Crippen molar-refractivity contribution < 1.29 is 21.9 Å². The molecule has 25 heavy (non-hydrogen) atoms. The van der Waals surface area contributed by atoms with Crippen molar-refractivity contribution >= 4 is 16.1 Å². The standard InChI is InChI=1S/C18H23O5PSi/c1-4-24(5-2,6-3)23-25(19-15-11-7-8-12-16(15)20-25)21-17-13-9-10-14-18(17)22-25/h7-14H,4-6H2,1-3H3. The van der Waals surface area contributed by atoms with Gasteiger partial charge in [0.1, 0.15) is 0 Å². The van der Waals surface area contributed by atoms with E-state index in [4.69, 9.17) is 21.9 Å². The molecule has 7 heteroatoms. The monoisotopic (exact) mass is 378 g/mol. The Hall–Kier alpha value is -1.75. The minimum atomic E-state index is -4.59. The second-order valence-electron chi connectivity index (χ2n) is 6.23. The maximum absolute atomic E-state index is 6.72. The predicted octanol–water partition coefficient (Wildman–Crippen LogP) is 4.82. The van der Waals surface area contributed by atoms with Crippen LogP contribution in [-0.2, 0) is 4.21 Å². The Morgan fingerprint density at radius 2 is 1.00 bits per heavy atom. The molecule has 0 N–H and O–H groups in total. The van der Waals surface area contributed by atoms with Crippen molar-refractivity contribution in [3.05, 3.63) is 48.5 Å². The van der Waals surface area contributed by atoms with Crippen LogP contribution in [0.15, 0.2) is 48.5 Å². The first-order valence-corrected chi connectivity index (χ1v) is 13.0. The Morgan fingerprint density at radius 1 is 0.680 bits per heavy atom. The summed E-state index contributed by atoms with van der Waals surface area (Å²) in [5.74, 6) is 2.41. The third-order valence-electron chi connectivity index (χ3n) is 4.88. The molecule has 0 saturated heterocycles. The molecule has 2 aliphatic heterocycles. The molecule has 0 unspecified atom stereocenters. The van der Waals surface area contributed by atoms with Crippen LogP contribution >= 0.6 is 7.49 Å². The summed E-state index contributed by atoms with van der Waals surface area (Å²) in [6.45, 7) is 6.43. The first-order valence-electron chi connectivity index (χ1n) is 8.74. The molecule has 2 aromatic rings. The van der Waals surface area contributed by atoms with Crippen LogP contribution in [0.5, 0.6) is 23.0 Å². The SMILES string of the molecule is CC[P+](CC)(CC)O[Si-]12(Oc3ccccc3O1)Oc1ccccc1O2. The first kappa shape index (κ1) is 16.7. The Balaban J connectivity index is 1.82. The number of fused-ring (bicyclic) bond motifs is 2. The summed E-state index contributed by atoms with van der Waals surface area (Å²) in [6.07, 6.45) is 2.74. The molecule has 0 fully saturated rings. The van der Waals surface area contributed by atoms with Gasteiger partial charge in [-0.25, -0.2) is 0 Å². The molecule has 0 saturated carbocycles. The summed E-state index contributed by atoms with van der Waals surface area (Å²) in [4.78, 5) is 0. The summed E-state index contributed by atoms with van der Waals surface area (Å²) >= 11 is 0. The van der Waals surface area contributed by atoms with E-state index >= 15 is 0 Å². The fourth-order valence-corrected chi connectivity index (χ4v) is 11.7. The minimum absolute atomic E-state index is 0.602. The van der Waals surface area contributed by atoms with Crippen LogP contribution in [0.3, 0.4) is 0 Å². The van der Waals surface area contributed by atoms with Crippen molar-refractivity contribution in [3.63, 3.8) is 0 Å². The molecule has 0 aliphatic carbocycles. The van der Waals surface area contributed by atoms with Crippen molar-refractivity contribution in [1.29, 1.82) is 0 Å². The Bertz CT molecular complexity index is 686. The molecular formula is C18H23O5PSi. The average Bonchev–Trinajstić information content (AvgIpc) is 3.13. The molecule has 0 aromatic heterocycles. The van der Waals surface area contributed by atoms with Crippen LogP contribution in [0.4, 0.5) is 0 Å². The summed E-state index contributed by atoms with van der Waals surface area (Å²) in [5.41, 5.74) is 0. The summed E-state index contributed by atoms with van der Waals surface area (Å²) < 4.78 is 31.8. The van der Waals surface area contributed by atoms with Gasteiger partial charge in [0.2, 0.25) is 0 Å². The molecule has 0 amide bonds. The van der Waals surface area contributed by atoms with Gasteiger partial charge in [-0.2, -0.15) is 0 Å². The predicted molar refractivity (Wildman–Crippen MR) is 101 cm³/mol. The van der Waals surface area contributed by atoms with Gasteiger partial charge in [0.15, 0.2) is 0 Å². The van der Waals surface area contributed by atoms with E-state index in [1.807, 2.05) is 48.5 Å². The van der Waals surface area contributed by atoms with E-state index in [1.54, 1.807) is 0 Å². The van der Waals surface area contributed by atoms with E-state index in [0.717, 1.165) is 18.5 Å². The van der Waals surface area contributed by atoms with E-state index in [0.29, 0.717) is 23.0 Å². The molecule has 4 rings (SSSR count). The van der Waals surface area contributed by atoms with Gasteiger partial charge in [-0.1, -0.05) is 0 Å². The van der Waals surface area contributed by atoms with Gasteiger partial charge in [-0.15, -0.1) is 0 Å². The van der Waals surface area contributed by atoms with E-state index in [9.17, 15) is 0 Å². The third kappa shape index (κ3) is 2.51. The molecule has 1 spiro atoms. The van der Waals surface area contributed by atoms with Gasteiger partial charge in [0, 0.05) is 0 Å². The van der Waals surface area contributed by atoms with E-state index in [2.05, 4.69) is 20.8 Å². The zero-order valence-electron chi connectivity index (χ0n) is 14.7. The molecule has 134 valence electrons. The quantitative estimate of drug-likeness (QED) is 0.551. The van der Waals surface area contributed by atoms with Crippen molar-refractivity contribution in [2.75, 3.05) is 18.5 Å². The topological polar surface area (TPSA) is 46.2 Å². The number of rotatable bonds is 5. The van der Waals surface area contributed by atoms with Crippen molar-refractivity contribution in [2.24, 2.45) is 0 Å². The molecule has 0 atom stereocenters. The molecular weight excluding hydrogens is 355 g/mol. The maximum atomic E-state index is 6.72. The van der Waals surface area contributed by atoms with Crippen LogP contribution in [0.1, 0.15) is 20.8 Å². The molecule has 0 radical (unpaired) electrons. The molecule has 2 aromatic carbocycles. The Kier molecular flexibility index (Phi) is 3.76. The van der Waals surface area contributed by atoms with E-state index in [-0.39, 0.29) is 0 Å². The summed E-state index contributed by atoms with van der Waals surface area (Å²) in [5, 5.41) is 0. The fraction of sp³-hybridized carbons (Fsp3) is 0.333. The van der Waals surface area contributed by atoms with Crippen LogP contribution in [-0.4, -0.2) is 27.1 Å². The first-order chi connectivity index (χ1) is 12.0. The molecule has 2 heterocycles. The van der Waals surface area contributed by atoms with E-state index in [1.165, 1.54) is 0 Å². The van der Waals surface area contributed by atoms with Gasteiger partial charge < -0.3 is 0 Å². The van der Waals surface area contributed by atoms with Gasteiger partial charge in [0.25, 0.3) is 0 Å². The Morgan fingerprint density at radius 3 is 1.28 bits per heavy atom. The molecule has 2 aliphatic rings. The van der Waals surface area contributed by atoms with Crippen molar-refractivity contribution in [3.8, 4) is 23.0 Å². The van der Waals surface area contributed by atoms with Crippen LogP contribution in [0, 0.1) is 0 Å². The van der Waals surface area contributed by atoms with Crippen molar-refractivity contribution in [1.82, 2.24) is 0 Å². The third-order valence-corrected chi connectivity index (χ3v) is 13.3. The number of benzene rings is 2. The fourth-order valence-electron chi connectivity index (χ4n) is 3.34. The van der Waals surface area contributed by atoms with Gasteiger partial charge in [-0.05, 0) is 0 Å². The van der Waals surface area contributed by atoms with Crippen molar-refractivity contribution in [2.45, 2.75) is 20.8 Å². The van der Waals surface area contributed by atoms with Crippen LogP contribution < -0.4 is 17.7 Å². The van der Waals surface area contributed by atoms with Crippen LogP contribution in [0.2, 0.25) is 0 Å².